The van der Waals surface area contributed by atoms with E-state index in [1.807, 2.05) is 6.92 Å². The Labute approximate surface area is 146 Å². The van der Waals surface area contributed by atoms with Gasteiger partial charge >= 0.3 is 12.1 Å². The minimum Gasteiger partial charge on any atom is -0.458 e. The molecule has 0 aromatic carbocycles. The summed E-state index contributed by atoms with van der Waals surface area (Å²) >= 11 is 4.97. The van der Waals surface area contributed by atoms with Crippen LogP contribution in [0.25, 0.3) is 0 Å². The number of alkyl carbamates (subject to hydrolysis) is 1. The van der Waals surface area contributed by atoms with Crippen LogP contribution in [-0.2, 0) is 14.3 Å². The molecule has 22 heavy (non-hydrogen) atoms. The van der Waals surface area contributed by atoms with Crippen molar-refractivity contribution in [3.8, 4) is 0 Å². The van der Waals surface area contributed by atoms with Gasteiger partial charge in [-0.05, 0) is 41.5 Å². The first kappa shape index (κ1) is 21.6. The number of amides is 1. The quantitative estimate of drug-likeness (QED) is 0.546. The summed E-state index contributed by atoms with van der Waals surface area (Å²) in [4.78, 5) is 24.1. The van der Waals surface area contributed by atoms with E-state index in [9.17, 15) is 9.59 Å². The Morgan fingerprint density at radius 3 is 2.00 bits per heavy atom. The number of carbonyl (C=O) groups is 2. The molecule has 0 aliphatic heterocycles. The topological polar surface area (TPSA) is 64.6 Å². The molecule has 0 radical (unpaired) electrons. The summed E-state index contributed by atoms with van der Waals surface area (Å²) in [6.45, 7) is 12.8. The molecule has 0 saturated carbocycles. The van der Waals surface area contributed by atoms with E-state index < -0.39 is 29.3 Å². The van der Waals surface area contributed by atoms with E-state index >= 15 is 0 Å². The molecule has 5 nitrogen and oxygen atoms in total. The van der Waals surface area contributed by atoms with Crippen molar-refractivity contribution in [2.45, 2.75) is 71.0 Å². The number of halogens is 1. The van der Waals surface area contributed by atoms with Gasteiger partial charge in [0.2, 0.25) is 0 Å². The molecule has 0 aromatic heterocycles. The normalized spacial score (nSPS) is 14.9. The average Bonchev–Trinajstić information content (AvgIpc) is 2.29. The lowest BCUT2D eigenvalue weighted by molar-refractivity contribution is -0.156. The van der Waals surface area contributed by atoms with Crippen molar-refractivity contribution in [2.24, 2.45) is 0 Å². The lowest BCUT2D eigenvalue weighted by atomic mass is 10.2. The fourth-order valence-corrected chi connectivity index (χ4v) is 2.69. The van der Waals surface area contributed by atoms with Gasteiger partial charge in [-0.1, -0.05) is 22.9 Å². The van der Waals surface area contributed by atoms with E-state index in [0.29, 0.717) is 11.0 Å². The highest BCUT2D eigenvalue weighted by atomic mass is 79.9. The maximum Gasteiger partial charge on any atom is 0.408 e. The largest absolute Gasteiger partial charge is 0.458 e. The second-order valence-corrected chi connectivity index (χ2v) is 9.15. The van der Waals surface area contributed by atoms with Crippen molar-refractivity contribution in [2.75, 3.05) is 11.1 Å². The van der Waals surface area contributed by atoms with Crippen LogP contribution in [0.3, 0.4) is 0 Å². The van der Waals surface area contributed by atoms with Crippen LogP contribution in [0.2, 0.25) is 0 Å². The molecule has 0 bridgehead atoms. The maximum atomic E-state index is 12.2. The number of alkyl halides is 1. The van der Waals surface area contributed by atoms with Gasteiger partial charge in [-0.2, -0.15) is 11.8 Å². The Kier molecular flexibility index (Phi) is 8.83. The predicted molar refractivity (Wildman–Crippen MR) is 94.7 cm³/mol. The van der Waals surface area contributed by atoms with Crippen LogP contribution in [0.5, 0.6) is 0 Å². The van der Waals surface area contributed by atoms with Crippen LogP contribution in [0.15, 0.2) is 0 Å². The second kappa shape index (κ2) is 9.01. The van der Waals surface area contributed by atoms with E-state index in [0.717, 1.165) is 5.33 Å². The molecule has 7 heteroatoms. The molecule has 0 aliphatic carbocycles. The van der Waals surface area contributed by atoms with Gasteiger partial charge in [-0.25, -0.2) is 9.59 Å². The van der Waals surface area contributed by atoms with E-state index in [2.05, 4.69) is 21.2 Å². The van der Waals surface area contributed by atoms with Crippen LogP contribution in [0.4, 0.5) is 4.79 Å². The van der Waals surface area contributed by atoms with E-state index in [-0.39, 0.29) is 0 Å². The van der Waals surface area contributed by atoms with Gasteiger partial charge in [0, 0.05) is 16.3 Å². The van der Waals surface area contributed by atoms with Gasteiger partial charge in [-0.3, -0.25) is 0 Å². The van der Waals surface area contributed by atoms with Crippen molar-refractivity contribution < 1.29 is 19.1 Å². The summed E-state index contributed by atoms with van der Waals surface area (Å²) in [6, 6.07) is -0.736. The summed E-state index contributed by atoms with van der Waals surface area (Å²) in [5, 5.41) is 3.74. The molecule has 0 heterocycles. The number of carbonyl (C=O) groups excluding carboxylic acids is 2. The standard InChI is InChI=1S/C15H28BrNO4S/c1-10(8-16)22-9-11(12(18)20-14(2,3)4)17-13(19)21-15(5,6)7/h10-11H,8-9H2,1-7H3,(H,17,19)/t10-,11+/m1/s1. The maximum absolute atomic E-state index is 12.2. The van der Waals surface area contributed by atoms with Crippen molar-refractivity contribution >= 4 is 39.8 Å². The van der Waals surface area contributed by atoms with Crippen molar-refractivity contribution in [3.63, 3.8) is 0 Å². The number of esters is 1. The zero-order valence-corrected chi connectivity index (χ0v) is 16.9. The summed E-state index contributed by atoms with van der Waals surface area (Å²) in [6.07, 6.45) is -0.615. The number of nitrogens with one attached hydrogen (secondary N) is 1. The van der Waals surface area contributed by atoms with Crippen LogP contribution < -0.4 is 5.32 Å². The first-order valence-electron chi connectivity index (χ1n) is 7.24. The lowest BCUT2D eigenvalue weighted by Gasteiger charge is -2.26. The molecule has 0 rings (SSSR count). The van der Waals surface area contributed by atoms with Crippen molar-refractivity contribution in [1.29, 1.82) is 0 Å². The smallest absolute Gasteiger partial charge is 0.408 e. The zero-order chi connectivity index (χ0) is 17.6. The van der Waals surface area contributed by atoms with Gasteiger partial charge < -0.3 is 14.8 Å². The highest BCUT2D eigenvalue weighted by Gasteiger charge is 2.29. The highest BCUT2D eigenvalue weighted by molar-refractivity contribution is 9.09. The van der Waals surface area contributed by atoms with Gasteiger partial charge in [0.25, 0.3) is 0 Å². The number of hydrogen-bond acceptors (Lipinski definition) is 5. The Balaban J connectivity index is 4.78. The molecule has 0 saturated heterocycles. The Morgan fingerprint density at radius 1 is 1.09 bits per heavy atom. The minimum absolute atomic E-state index is 0.324. The Morgan fingerprint density at radius 2 is 1.59 bits per heavy atom. The van der Waals surface area contributed by atoms with E-state index in [1.54, 1.807) is 53.3 Å². The molecule has 0 aliphatic rings. The van der Waals surface area contributed by atoms with Gasteiger partial charge in [0.05, 0.1) is 0 Å². The number of thioether (sulfide) groups is 1. The first-order chi connectivity index (χ1) is 9.84. The van der Waals surface area contributed by atoms with E-state index in [4.69, 9.17) is 9.47 Å². The van der Waals surface area contributed by atoms with Gasteiger partial charge in [0.15, 0.2) is 0 Å². The highest BCUT2D eigenvalue weighted by Crippen LogP contribution is 2.17. The minimum atomic E-state index is -0.736. The third-order valence-corrected chi connectivity index (χ3v) is 4.81. The molecule has 130 valence electrons. The Bertz CT molecular complexity index is 377. The molecule has 0 unspecified atom stereocenters. The third kappa shape index (κ3) is 11.2. The summed E-state index contributed by atoms with van der Waals surface area (Å²) in [5.41, 5.74) is -1.21. The number of rotatable bonds is 6. The molecule has 0 fully saturated rings. The lowest BCUT2D eigenvalue weighted by Crippen LogP contribution is -2.47. The van der Waals surface area contributed by atoms with Gasteiger partial charge in [-0.15, -0.1) is 0 Å². The number of hydrogen-bond donors (Lipinski definition) is 1. The fourth-order valence-electron chi connectivity index (χ4n) is 1.30. The molecule has 2 atom stereocenters. The first-order valence-corrected chi connectivity index (χ1v) is 9.41. The third-order valence-electron chi connectivity index (χ3n) is 2.15. The van der Waals surface area contributed by atoms with Crippen molar-refractivity contribution in [3.05, 3.63) is 0 Å². The predicted octanol–water partition coefficient (Wildman–Crippen LogP) is 3.74. The molecule has 1 N–H and O–H groups in total. The van der Waals surface area contributed by atoms with Crippen LogP contribution in [0, 0.1) is 0 Å². The van der Waals surface area contributed by atoms with E-state index in [1.165, 1.54) is 0 Å². The fraction of sp³-hybridized carbons (Fsp3) is 0.867. The number of ether oxygens (including phenoxy) is 2. The molecule has 0 aromatic rings. The monoisotopic (exact) mass is 397 g/mol. The van der Waals surface area contributed by atoms with Crippen LogP contribution in [0.1, 0.15) is 48.5 Å². The van der Waals surface area contributed by atoms with Gasteiger partial charge in [0.1, 0.15) is 17.2 Å². The summed E-state index contributed by atoms with van der Waals surface area (Å²) in [7, 11) is 0. The molecular weight excluding hydrogens is 370 g/mol. The summed E-state index contributed by atoms with van der Waals surface area (Å²) < 4.78 is 10.6. The molecule has 0 spiro atoms. The second-order valence-electron chi connectivity index (χ2n) is 7.03. The van der Waals surface area contributed by atoms with Crippen molar-refractivity contribution in [1.82, 2.24) is 5.32 Å². The summed E-state index contributed by atoms with van der Waals surface area (Å²) in [5.74, 6) is -0.0198. The van der Waals surface area contributed by atoms with Crippen LogP contribution >= 0.6 is 27.7 Å². The molecular formula is C15H28BrNO4S. The molecule has 1 amide bonds. The Hall–Kier alpha value is -0.430. The average molecular weight is 398 g/mol. The zero-order valence-electron chi connectivity index (χ0n) is 14.5. The SMILES string of the molecule is C[C@H](CBr)SC[C@H](NC(=O)OC(C)(C)C)C(=O)OC(C)(C)C. The van der Waals surface area contributed by atoms with Crippen LogP contribution in [-0.4, -0.2) is 45.6 Å².